The minimum Gasteiger partial charge on any atom is -0.481 e. The molecule has 0 atom stereocenters. The predicted octanol–water partition coefficient (Wildman–Crippen LogP) is 0.976. The van der Waals surface area contributed by atoms with Gasteiger partial charge in [0.25, 0.3) is 0 Å². The Balaban J connectivity index is 1.71. The average molecular weight is 329 g/mol. The summed E-state index contributed by atoms with van der Waals surface area (Å²) in [6, 6.07) is 3.74. The summed E-state index contributed by atoms with van der Waals surface area (Å²) >= 11 is 0. The molecule has 0 amide bonds. The van der Waals surface area contributed by atoms with Crippen LogP contribution in [0.25, 0.3) is 0 Å². The van der Waals surface area contributed by atoms with E-state index in [1.807, 2.05) is 32.0 Å². The zero-order valence-corrected chi connectivity index (χ0v) is 14.6. The molecule has 3 rings (SSSR count). The molecule has 2 aromatic rings. The maximum absolute atomic E-state index is 5.17. The summed E-state index contributed by atoms with van der Waals surface area (Å²) in [5, 5.41) is 0. The Labute approximate surface area is 142 Å². The predicted molar refractivity (Wildman–Crippen MR) is 94.1 cm³/mol. The Morgan fingerprint density at radius 3 is 2.29 bits per heavy atom. The molecule has 1 aliphatic heterocycles. The second kappa shape index (κ2) is 6.86. The first-order valence-electron chi connectivity index (χ1n) is 7.97. The number of aryl methyl sites for hydroxylation is 1. The number of aromatic nitrogens is 4. The van der Waals surface area contributed by atoms with E-state index in [0.29, 0.717) is 11.8 Å². The van der Waals surface area contributed by atoms with Crippen molar-refractivity contribution in [1.29, 1.82) is 0 Å². The maximum atomic E-state index is 5.17. The highest BCUT2D eigenvalue weighted by Crippen LogP contribution is 2.19. The number of anilines is 3. The third kappa shape index (κ3) is 3.47. The number of nitrogens with zero attached hydrogens (tertiary/aromatic N) is 7. The van der Waals surface area contributed by atoms with E-state index in [-0.39, 0.29) is 0 Å². The fraction of sp³-hybridized carbons (Fsp3) is 0.500. The van der Waals surface area contributed by atoms with Crippen molar-refractivity contribution in [2.45, 2.75) is 6.92 Å². The van der Waals surface area contributed by atoms with Crippen LogP contribution in [0.15, 0.2) is 18.3 Å². The number of piperazine rings is 1. The Morgan fingerprint density at radius 1 is 1.00 bits per heavy atom. The molecule has 1 saturated heterocycles. The molecule has 0 unspecified atom stereocenters. The van der Waals surface area contributed by atoms with Crippen molar-refractivity contribution in [2.24, 2.45) is 0 Å². The monoisotopic (exact) mass is 329 g/mol. The third-order valence-corrected chi connectivity index (χ3v) is 3.96. The molecule has 8 nitrogen and oxygen atoms in total. The molecule has 24 heavy (non-hydrogen) atoms. The van der Waals surface area contributed by atoms with Gasteiger partial charge in [-0.05, 0) is 6.92 Å². The van der Waals surface area contributed by atoms with Crippen LogP contribution in [0.3, 0.4) is 0 Å². The van der Waals surface area contributed by atoms with Crippen LogP contribution in [0.2, 0.25) is 0 Å². The Hall–Kier alpha value is -2.64. The molecule has 0 saturated carbocycles. The molecule has 1 aliphatic rings. The lowest BCUT2D eigenvalue weighted by Crippen LogP contribution is -2.47. The van der Waals surface area contributed by atoms with Crippen molar-refractivity contribution >= 4 is 17.7 Å². The average Bonchev–Trinajstić information content (AvgIpc) is 2.61. The van der Waals surface area contributed by atoms with Gasteiger partial charge in [-0.3, -0.25) is 0 Å². The van der Waals surface area contributed by atoms with E-state index >= 15 is 0 Å². The topological polar surface area (TPSA) is 70.5 Å². The molecule has 3 heterocycles. The van der Waals surface area contributed by atoms with Gasteiger partial charge in [-0.1, -0.05) is 0 Å². The second-order valence-corrected chi connectivity index (χ2v) is 5.94. The highest BCUT2D eigenvalue weighted by molar-refractivity contribution is 5.46. The zero-order valence-electron chi connectivity index (χ0n) is 14.6. The van der Waals surface area contributed by atoms with Gasteiger partial charge in [0, 0.05) is 64.3 Å². The van der Waals surface area contributed by atoms with Crippen LogP contribution in [0.1, 0.15) is 5.69 Å². The highest BCUT2D eigenvalue weighted by Gasteiger charge is 2.21. The van der Waals surface area contributed by atoms with Crippen LogP contribution >= 0.6 is 0 Å². The first kappa shape index (κ1) is 16.2. The van der Waals surface area contributed by atoms with Gasteiger partial charge in [-0.25, -0.2) is 9.97 Å². The van der Waals surface area contributed by atoms with Crippen LogP contribution in [-0.4, -0.2) is 67.3 Å². The van der Waals surface area contributed by atoms with Gasteiger partial charge < -0.3 is 19.4 Å². The fourth-order valence-corrected chi connectivity index (χ4v) is 2.61. The number of hydrogen-bond donors (Lipinski definition) is 0. The summed E-state index contributed by atoms with van der Waals surface area (Å²) in [6.07, 6.45) is 1.72. The van der Waals surface area contributed by atoms with Crippen molar-refractivity contribution in [1.82, 2.24) is 19.9 Å². The van der Waals surface area contributed by atoms with Crippen LogP contribution in [-0.2, 0) is 0 Å². The number of ether oxygens (including phenoxy) is 1. The first-order valence-corrected chi connectivity index (χ1v) is 7.97. The molecular weight excluding hydrogens is 306 g/mol. The van der Waals surface area contributed by atoms with Gasteiger partial charge in [-0.2, -0.15) is 9.97 Å². The molecular formula is C16H23N7O. The minimum absolute atomic E-state index is 0.583. The van der Waals surface area contributed by atoms with Gasteiger partial charge in [-0.15, -0.1) is 0 Å². The van der Waals surface area contributed by atoms with Crippen molar-refractivity contribution in [3.05, 3.63) is 24.0 Å². The summed E-state index contributed by atoms with van der Waals surface area (Å²) < 4.78 is 5.17. The maximum Gasteiger partial charge on any atom is 0.228 e. The lowest BCUT2D eigenvalue weighted by atomic mass is 10.3. The van der Waals surface area contributed by atoms with Crippen molar-refractivity contribution in [3.8, 4) is 5.88 Å². The molecule has 0 aromatic carbocycles. The molecule has 0 aliphatic carbocycles. The quantitative estimate of drug-likeness (QED) is 0.822. The summed E-state index contributed by atoms with van der Waals surface area (Å²) in [6.45, 7) is 5.30. The van der Waals surface area contributed by atoms with E-state index in [2.05, 4.69) is 29.7 Å². The molecule has 128 valence electrons. The summed E-state index contributed by atoms with van der Waals surface area (Å²) in [7, 11) is 5.59. The third-order valence-electron chi connectivity index (χ3n) is 3.96. The van der Waals surface area contributed by atoms with Gasteiger partial charge in [0.05, 0.1) is 7.11 Å². The zero-order chi connectivity index (χ0) is 17.1. The number of hydrogen-bond acceptors (Lipinski definition) is 8. The lowest BCUT2D eigenvalue weighted by Gasteiger charge is -2.35. The molecule has 0 N–H and O–H groups in total. The van der Waals surface area contributed by atoms with E-state index in [9.17, 15) is 0 Å². The Morgan fingerprint density at radius 2 is 1.67 bits per heavy atom. The van der Waals surface area contributed by atoms with Crippen LogP contribution in [0, 0.1) is 6.92 Å². The second-order valence-electron chi connectivity index (χ2n) is 5.94. The lowest BCUT2D eigenvalue weighted by molar-refractivity contribution is 0.396. The first-order chi connectivity index (χ1) is 11.6. The van der Waals surface area contributed by atoms with Gasteiger partial charge in [0.2, 0.25) is 17.8 Å². The Kier molecular flexibility index (Phi) is 4.64. The number of rotatable bonds is 4. The van der Waals surface area contributed by atoms with Crippen molar-refractivity contribution in [2.75, 3.05) is 62.1 Å². The number of methoxy groups -OCH3 is 1. The summed E-state index contributed by atoms with van der Waals surface area (Å²) in [5.74, 6) is 2.99. The van der Waals surface area contributed by atoms with E-state index < -0.39 is 0 Å². The molecule has 0 bridgehead atoms. The smallest absolute Gasteiger partial charge is 0.228 e. The van der Waals surface area contributed by atoms with Gasteiger partial charge in [0.1, 0.15) is 5.82 Å². The normalized spacial score (nSPS) is 14.7. The van der Waals surface area contributed by atoms with Crippen LogP contribution in [0.5, 0.6) is 5.88 Å². The Bertz CT molecular complexity index is 699. The van der Waals surface area contributed by atoms with E-state index in [1.54, 1.807) is 19.4 Å². The summed E-state index contributed by atoms with van der Waals surface area (Å²) in [5.41, 5.74) is 0.974. The van der Waals surface area contributed by atoms with Crippen molar-refractivity contribution in [3.63, 3.8) is 0 Å². The van der Waals surface area contributed by atoms with Gasteiger partial charge >= 0.3 is 0 Å². The van der Waals surface area contributed by atoms with Crippen LogP contribution < -0.4 is 19.4 Å². The van der Waals surface area contributed by atoms with E-state index in [4.69, 9.17) is 4.74 Å². The molecule has 0 radical (unpaired) electrons. The highest BCUT2D eigenvalue weighted by atomic mass is 16.5. The summed E-state index contributed by atoms with van der Waals surface area (Å²) in [4.78, 5) is 24.3. The van der Waals surface area contributed by atoms with E-state index in [1.165, 1.54) is 0 Å². The van der Waals surface area contributed by atoms with Crippen LogP contribution in [0.4, 0.5) is 17.7 Å². The molecule has 8 heteroatoms. The largest absolute Gasteiger partial charge is 0.481 e. The van der Waals surface area contributed by atoms with Crippen molar-refractivity contribution < 1.29 is 4.74 Å². The molecule has 1 fully saturated rings. The SMILES string of the molecule is COc1ccnc(N2CCN(c3nc(C)cc(N(C)C)n3)CC2)n1. The van der Waals surface area contributed by atoms with E-state index in [0.717, 1.165) is 43.6 Å². The molecule has 0 spiro atoms. The minimum atomic E-state index is 0.583. The molecule has 2 aromatic heterocycles. The van der Waals surface area contributed by atoms with Gasteiger partial charge in [0.15, 0.2) is 0 Å². The standard InChI is InChI=1S/C16H23N7O/c1-12-11-13(21(2)3)19-16(18-12)23-9-7-22(8-10-23)15-17-6-5-14(20-15)24-4/h5-6,11H,7-10H2,1-4H3. The fourth-order valence-electron chi connectivity index (χ4n) is 2.61.